The summed E-state index contributed by atoms with van der Waals surface area (Å²) in [6.07, 6.45) is 1.98. The van der Waals surface area contributed by atoms with Gasteiger partial charge in [0.25, 0.3) is 5.56 Å². The summed E-state index contributed by atoms with van der Waals surface area (Å²) in [6, 6.07) is 10.9. The Labute approximate surface area is 136 Å². The van der Waals surface area contributed by atoms with Gasteiger partial charge >= 0.3 is 0 Å². The Morgan fingerprint density at radius 2 is 1.96 bits per heavy atom. The van der Waals surface area contributed by atoms with Gasteiger partial charge in [-0.25, -0.2) is 4.98 Å². The van der Waals surface area contributed by atoms with Gasteiger partial charge in [0.15, 0.2) is 0 Å². The monoisotopic (exact) mass is 313 g/mol. The van der Waals surface area contributed by atoms with Crippen LogP contribution in [-0.2, 0) is 11.3 Å². The van der Waals surface area contributed by atoms with E-state index in [-0.39, 0.29) is 18.0 Å². The van der Waals surface area contributed by atoms with Gasteiger partial charge < -0.3 is 4.90 Å². The highest BCUT2D eigenvalue weighted by Gasteiger charge is 2.15. The lowest BCUT2D eigenvalue weighted by Crippen LogP contribution is -2.35. The van der Waals surface area contributed by atoms with Crippen LogP contribution in [0.2, 0.25) is 0 Å². The van der Waals surface area contributed by atoms with Crippen LogP contribution in [0.4, 0.5) is 0 Å². The van der Waals surface area contributed by atoms with Crippen LogP contribution < -0.4 is 5.56 Å². The fraction of sp³-hybridized carbons (Fsp3) is 0.389. The second-order valence-electron chi connectivity index (χ2n) is 5.68. The topological polar surface area (TPSA) is 55.2 Å². The Kier molecular flexibility index (Phi) is 5.68. The molecule has 5 nitrogen and oxygen atoms in total. The van der Waals surface area contributed by atoms with Gasteiger partial charge in [0.2, 0.25) is 5.91 Å². The molecule has 0 aliphatic heterocycles. The summed E-state index contributed by atoms with van der Waals surface area (Å²) in [7, 11) is 1.77. The van der Waals surface area contributed by atoms with Gasteiger partial charge in [-0.2, -0.15) is 0 Å². The standard InChI is InChI=1S/C18H23N3O2/c1-4-5-11-20(3)17(23)13-21-16(22)12-14(2)19-18(21)15-9-7-6-8-10-15/h6-10,12H,4-5,11,13H2,1-3H3. The Bertz CT molecular complexity index is 723. The number of carbonyl (C=O) groups is 1. The maximum Gasteiger partial charge on any atom is 0.254 e. The summed E-state index contributed by atoms with van der Waals surface area (Å²) >= 11 is 0. The largest absolute Gasteiger partial charge is 0.344 e. The van der Waals surface area contributed by atoms with E-state index in [0.29, 0.717) is 18.1 Å². The predicted molar refractivity (Wildman–Crippen MR) is 91.2 cm³/mol. The van der Waals surface area contributed by atoms with Crippen molar-refractivity contribution in [1.82, 2.24) is 14.5 Å². The second kappa shape index (κ2) is 7.72. The molecule has 5 heteroatoms. The number of carbonyl (C=O) groups excluding carboxylic acids is 1. The second-order valence-corrected chi connectivity index (χ2v) is 5.68. The van der Waals surface area contributed by atoms with E-state index in [4.69, 9.17) is 0 Å². The van der Waals surface area contributed by atoms with Crippen LogP contribution in [0.25, 0.3) is 11.4 Å². The minimum Gasteiger partial charge on any atom is -0.344 e. The summed E-state index contributed by atoms with van der Waals surface area (Å²) in [5.41, 5.74) is 1.28. The number of benzene rings is 1. The highest BCUT2D eigenvalue weighted by atomic mass is 16.2. The zero-order valence-electron chi connectivity index (χ0n) is 14.0. The highest BCUT2D eigenvalue weighted by Crippen LogP contribution is 2.15. The van der Waals surface area contributed by atoms with Gasteiger partial charge in [0, 0.05) is 30.9 Å². The summed E-state index contributed by atoms with van der Waals surface area (Å²) in [5.74, 6) is 0.455. The van der Waals surface area contributed by atoms with Crippen molar-refractivity contribution in [3.8, 4) is 11.4 Å². The minimum atomic E-state index is -0.200. The van der Waals surface area contributed by atoms with Crippen LogP contribution in [0, 0.1) is 6.92 Å². The maximum absolute atomic E-state index is 12.4. The zero-order valence-corrected chi connectivity index (χ0v) is 14.0. The molecule has 1 amide bonds. The first kappa shape index (κ1) is 16.9. The number of aryl methyl sites for hydroxylation is 1. The van der Waals surface area contributed by atoms with Crippen LogP contribution in [0.3, 0.4) is 0 Å². The SMILES string of the molecule is CCCCN(C)C(=O)Cn1c(-c2ccccc2)nc(C)cc1=O. The number of amides is 1. The third-order valence-corrected chi connectivity index (χ3v) is 3.73. The Hall–Kier alpha value is -2.43. The van der Waals surface area contributed by atoms with E-state index in [1.165, 1.54) is 10.6 Å². The molecule has 122 valence electrons. The molecule has 1 aromatic carbocycles. The highest BCUT2D eigenvalue weighted by molar-refractivity contribution is 5.76. The van der Waals surface area contributed by atoms with Gasteiger partial charge in [-0.05, 0) is 13.3 Å². The molecular formula is C18H23N3O2. The molecule has 0 saturated heterocycles. The van der Waals surface area contributed by atoms with Gasteiger partial charge in [-0.15, -0.1) is 0 Å². The predicted octanol–water partition coefficient (Wildman–Crippen LogP) is 2.48. The molecule has 23 heavy (non-hydrogen) atoms. The smallest absolute Gasteiger partial charge is 0.254 e. The molecule has 0 fully saturated rings. The quantitative estimate of drug-likeness (QED) is 0.823. The third kappa shape index (κ3) is 4.28. The van der Waals surface area contributed by atoms with E-state index in [1.54, 1.807) is 18.9 Å². The number of unbranched alkanes of at least 4 members (excludes halogenated alkanes) is 1. The number of rotatable bonds is 6. The average Bonchev–Trinajstić information content (AvgIpc) is 2.55. The first-order valence-electron chi connectivity index (χ1n) is 7.90. The lowest BCUT2D eigenvalue weighted by atomic mass is 10.2. The molecule has 1 heterocycles. The molecule has 0 aliphatic carbocycles. The molecule has 2 aromatic rings. The van der Waals surface area contributed by atoms with Crippen molar-refractivity contribution in [3.05, 3.63) is 52.4 Å². The molecule has 0 N–H and O–H groups in total. The number of nitrogens with zero attached hydrogens (tertiary/aromatic N) is 3. The molecule has 1 aromatic heterocycles. The lowest BCUT2D eigenvalue weighted by Gasteiger charge is -2.19. The van der Waals surface area contributed by atoms with E-state index in [2.05, 4.69) is 11.9 Å². The fourth-order valence-electron chi connectivity index (χ4n) is 2.36. The fourth-order valence-corrected chi connectivity index (χ4v) is 2.36. The molecule has 0 bridgehead atoms. The Balaban J connectivity index is 2.35. The van der Waals surface area contributed by atoms with Crippen molar-refractivity contribution in [2.24, 2.45) is 0 Å². The van der Waals surface area contributed by atoms with Crippen molar-refractivity contribution < 1.29 is 4.79 Å². The van der Waals surface area contributed by atoms with E-state index < -0.39 is 0 Å². The first-order chi connectivity index (χ1) is 11.0. The molecule has 0 aliphatic rings. The van der Waals surface area contributed by atoms with Crippen LogP contribution in [0.5, 0.6) is 0 Å². The molecule has 0 unspecified atom stereocenters. The first-order valence-corrected chi connectivity index (χ1v) is 7.90. The van der Waals surface area contributed by atoms with Crippen molar-refractivity contribution in [3.63, 3.8) is 0 Å². The zero-order chi connectivity index (χ0) is 16.8. The molecule has 0 atom stereocenters. The molecule has 0 radical (unpaired) electrons. The van der Waals surface area contributed by atoms with Gasteiger partial charge in [-0.1, -0.05) is 43.7 Å². The van der Waals surface area contributed by atoms with E-state index in [0.717, 1.165) is 18.4 Å². The Morgan fingerprint density at radius 3 is 2.61 bits per heavy atom. The Morgan fingerprint density at radius 1 is 1.26 bits per heavy atom. The molecule has 0 spiro atoms. The lowest BCUT2D eigenvalue weighted by molar-refractivity contribution is -0.130. The van der Waals surface area contributed by atoms with E-state index in [9.17, 15) is 9.59 Å². The number of hydrogen-bond donors (Lipinski definition) is 0. The summed E-state index contributed by atoms with van der Waals surface area (Å²) in [4.78, 5) is 30.9. The van der Waals surface area contributed by atoms with Crippen LogP contribution in [0.1, 0.15) is 25.5 Å². The average molecular weight is 313 g/mol. The third-order valence-electron chi connectivity index (χ3n) is 3.73. The number of likely N-dealkylation sites (N-methyl/N-ethyl adjacent to an activating group) is 1. The number of aromatic nitrogens is 2. The van der Waals surface area contributed by atoms with Crippen molar-refractivity contribution >= 4 is 5.91 Å². The van der Waals surface area contributed by atoms with Crippen molar-refractivity contribution in [2.45, 2.75) is 33.2 Å². The van der Waals surface area contributed by atoms with Crippen LogP contribution in [0.15, 0.2) is 41.2 Å². The van der Waals surface area contributed by atoms with Gasteiger partial charge in [-0.3, -0.25) is 14.2 Å². The summed E-state index contributed by atoms with van der Waals surface area (Å²) in [6.45, 7) is 4.58. The van der Waals surface area contributed by atoms with Crippen LogP contribution >= 0.6 is 0 Å². The summed E-state index contributed by atoms with van der Waals surface area (Å²) < 4.78 is 1.45. The molecule has 0 saturated carbocycles. The van der Waals surface area contributed by atoms with Crippen molar-refractivity contribution in [1.29, 1.82) is 0 Å². The number of hydrogen-bond acceptors (Lipinski definition) is 3. The van der Waals surface area contributed by atoms with E-state index >= 15 is 0 Å². The van der Waals surface area contributed by atoms with Gasteiger partial charge in [0.05, 0.1) is 0 Å². The molecule has 2 rings (SSSR count). The normalized spacial score (nSPS) is 10.6. The van der Waals surface area contributed by atoms with Crippen molar-refractivity contribution in [2.75, 3.05) is 13.6 Å². The molecular weight excluding hydrogens is 290 g/mol. The van der Waals surface area contributed by atoms with Gasteiger partial charge in [0.1, 0.15) is 12.4 Å². The maximum atomic E-state index is 12.4. The minimum absolute atomic E-state index is 0.0105. The van der Waals surface area contributed by atoms with Crippen LogP contribution in [-0.4, -0.2) is 34.0 Å². The van der Waals surface area contributed by atoms with E-state index in [1.807, 2.05) is 30.3 Å². The summed E-state index contributed by atoms with van der Waals surface area (Å²) in [5, 5.41) is 0.